The summed E-state index contributed by atoms with van der Waals surface area (Å²) in [6.07, 6.45) is 47.9. The fraction of sp³-hybridized carbons (Fsp3) is 0.872. The summed E-state index contributed by atoms with van der Waals surface area (Å²) in [5, 5.41) is 0. The van der Waals surface area contributed by atoms with Gasteiger partial charge in [0.2, 0.25) is 0 Å². The van der Waals surface area contributed by atoms with Crippen molar-refractivity contribution in [3.8, 4) is 0 Å². The molecule has 0 radical (unpaired) electrons. The van der Waals surface area contributed by atoms with Crippen molar-refractivity contribution in [1.82, 2.24) is 0 Å². The fourth-order valence-corrected chi connectivity index (χ4v) is 5.41. The molecule has 0 N–H and O–H groups in total. The van der Waals surface area contributed by atoms with Crippen LogP contribution in [-0.4, -0.2) is 19.4 Å². The highest BCUT2D eigenvalue weighted by atomic mass is 16.7. The third-order valence-electron chi connectivity index (χ3n) is 8.25. The molecule has 42 heavy (non-hydrogen) atoms. The molecule has 0 heterocycles. The lowest BCUT2D eigenvalue weighted by Crippen LogP contribution is -2.09. The molecule has 0 unspecified atom stereocenters. The summed E-state index contributed by atoms with van der Waals surface area (Å²) in [5.74, 6) is 0. The maximum absolute atomic E-state index is 11.7. The van der Waals surface area contributed by atoms with Crippen LogP contribution in [0.15, 0.2) is 24.3 Å². The Morgan fingerprint density at radius 3 is 0.881 bits per heavy atom. The van der Waals surface area contributed by atoms with E-state index in [9.17, 15) is 4.79 Å². The van der Waals surface area contributed by atoms with E-state index >= 15 is 0 Å². The average Bonchev–Trinajstić information content (AvgIpc) is 3.00. The maximum Gasteiger partial charge on any atom is 0.508 e. The molecule has 0 amide bonds. The van der Waals surface area contributed by atoms with Gasteiger partial charge in [-0.25, -0.2) is 4.79 Å². The second kappa shape index (κ2) is 37.8. The molecule has 0 atom stereocenters. The van der Waals surface area contributed by atoms with Gasteiger partial charge in [0, 0.05) is 0 Å². The topological polar surface area (TPSA) is 35.5 Å². The first kappa shape index (κ1) is 40.8. The normalized spacial score (nSPS) is 11.7. The Labute approximate surface area is 264 Å². The Morgan fingerprint density at radius 2 is 0.595 bits per heavy atom. The molecule has 0 aromatic carbocycles. The van der Waals surface area contributed by atoms with Crippen LogP contribution in [0.5, 0.6) is 0 Å². The SMILES string of the molecule is CCCCCCCC/C=C\CCCCCCCCOC(=O)OCCCCCCCC/C=C\CCCCCCCCCC. The molecule has 0 bridgehead atoms. The van der Waals surface area contributed by atoms with Crippen molar-refractivity contribution in [2.24, 2.45) is 0 Å². The van der Waals surface area contributed by atoms with Crippen LogP contribution in [0.3, 0.4) is 0 Å². The van der Waals surface area contributed by atoms with Gasteiger partial charge in [-0.2, -0.15) is 0 Å². The molecule has 0 saturated heterocycles. The van der Waals surface area contributed by atoms with Crippen LogP contribution in [-0.2, 0) is 9.47 Å². The monoisotopic (exact) mass is 591 g/mol. The maximum atomic E-state index is 11.7. The number of allylic oxidation sites excluding steroid dienone is 4. The standard InChI is InChI=1S/C39H74O3/c1-3-5-7-9-11-13-15-17-19-21-22-24-26-28-30-32-34-36-38-42-39(40)41-37-35-33-31-29-27-25-23-20-18-16-14-12-10-8-6-4-2/h18,20-22H,3-17,19,23-38H2,1-2H3/b20-18-,22-21-. The Kier molecular flexibility index (Phi) is 36.7. The molecule has 3 nitrogen and oxygen atoms in total. The van der Waals surface area contributed by atoms with E-state index < -0.39 is 6.16 Å². The van der Waals surface area contributed by atoms with E-state index in [1.807, 2.05) is 0 Å². The fourth-order valence-electron chi connectivity index (χ4n) is 5.41. The zero-order valence-corrected chi connectivity index (χ0v) is 28.7. The van der Waals surface area contributed by atoms with Crippen molar-refractivity contribution in [2.45, 2.75) is 206 Å². The van der Waals surface area contributed by atoms with Crippen molar-refractivity contribution in [3.63, 3.8) is 0 Å². The van der Waals surface area contributed by atoms with E-state index in [1.165, 1.54) is 167 Å². The number of unbranched alkanes of at least 4 members (excludes halogenated alkanes) is 26. The summed E-state index contributed by atoms with van der Waals surface area (Å²) >= 11 is 0. The number of hydrogen-bond acceptors (Lipinski definition) is 3. The van der Waals surface area contributed by atoms with Crippen molar-refractivity contribution in [1.29, 1.82) is 0 Å². The van der Waals surface area contributed by atoms with Crippen LogP contribution in [0, 0.1) is 0 Å². The molecular formula is C39H74O3. The van der Waals surface area contributed by atoms with Gasteiger partial charge in [-0.15, -0.1) is 0 Å². The first-order valence-corrected chi connectivity index (χ1v) is 18.9. The van der Waals surface area contributed by atoms with E-state index in [2.05, 4.69) is 38.2 Å². The second-order valence-corrected chi connectivity index (χ2v) is 12.5. The van der Waals surface area contributed by atoms with Crippen molar-refractivity contribution >= 4 is 6.16 Å². The molecule has 0 rings (SSSR count). The predicted octanol–water partition coefficient (Wildman–Crippen LogP) is 14.0. The highest BCUT2D eigenvalue weighted by Crippen LogP contribution is 2.12. The molecular weight excluding hydrogens is 516 g/mol. The zero-order chi connectivity index (χ0) is 30.4. The van der Waals surface area contributed by atoms with Crippen LogP contribution >= 0.6 is 0 Å². The van der Waals surface area contributed by atoms with E-state index in [0.29, 0.717) is 13.2 Å². The van der Waals surface area contributed by atoms with E-state index in [-0.39, 0.29) is 0 Å². The number of carbonyl (C=O) groups excluding carboxylic acids is 1. The largest absolute Gasteiger partial charge is 0.508 e. The summed E-state index contributed by atoms with van der Waals surface area (Å²) in [4.78, 5) is 11.7. The van der Waals surface area contributed by atoms with Gasteiger partial charge >= 0.3 is 6.16 Å². The van der Waals surface area contributed by atoms with E-state index in [0.717, 1.165) is 25.7 Å². The summed E-state index contributed by atoms with van der Waals surface area (Å²) in [5.41, 5.74) is 0. The highest BCUT2D eigenvalue weighted by Gasteiger charge is 2.03. The molecule has 248 valence electrons. The van der Waals surface area contributed by atoms with Crippen molar-refractivity contribution < 1.29 is 14.3 Å². The Balaban J connectivity index is 3.22. The predicted molar refractivity (Wildman–Crippen MR) is 185 cm³/mol. The molecule has 3 heteroatoms. The lowest BCUT2D eigenvalue weighted by molar-refractivity contribution is 0.0529. The smallest absolute Gasteiger partial charge is 0.434 e. The molecule has 0 aliphatic heterocycles. The summed E-state index contributed by atoms with van der Waals surface area (Å²) in [6, 6.07) is 0. The molecule has 0 aromatic rings. The number of carbonyl (C=O) groups is 1. The second-order valence-electron chi connectivity index (χ2n) is 12.5. The van der Waals surface area contributed by atoms with Crippen molar-refractivity contribution in [3.05, 3.63) is 24.3 Å². The quantitative estimate of drug-likeness (QED) is 0.0425. The molecule has 0 saturated carbocycles. The summed E-state index contributed by atoms with van der Waals surface area (Å²) in [6.45, 7) is 5.55. The van der Waals surface area contributed by atoms with Crippen molar-refractivity contribution in [2.75, 3.05) is 13.2 Å². The average molecular weight is 591 g/mol. The van der Waals surface area contributed by atoms with Gasteiger partial charge in [0.25, 0.3) is 0 Å². The van der Waals surface area contributed by atoms with Gasteiger partial charge in [0.05, 0.1) is 13.2 Å². The lowest BCUT2D eigenvalue weighted by Gasteiger charge is -2.06. The number of ether oxygens (including phenoxy) is 2. The van der Waals surface area contributed by atoms with Gasteiger partial charge in [-0.1, -0.05) is 167 Å². The van der Waals surface area contributed by atoms with Gasteiger partial charge in [0.15, 0.2) is 0 Å². The van der Waals surface area contributed by atoms with Gasteiger partial charge in [-0.05, 0) is 64.2 Å². The zero-order valence-electron chi connectivity index (χ0n) is 28.7. The molecule has 0 aliphatic rings. The summed E-state index contributed by atoms with van der Waals surface area (Å²) < 4.78 is 10.4. The minimum Gasteiger partial charge on any atom is -0.434 e. The molecule has 0 spiro atoms. The third kappa shape index (κ3) is 36.8. The third-order valence-corrected chi connectivity index (χ3v) is 8.25. The highest BCUT2D eigenvalue weighted by molar-refractivity contribution is 5.59. The summed E-state index contributed by atoms with van der Waals surface area (Å²) in [7, 11) is 0. The van der Waals surface area contributed by atoms with Crippen LogP contribution in [0.1, 0.15) is 206 Å². The number of rotatable bonds is 34. The number of hydrogen-bond donors (Lipinski definition) is 0. The molecule has 0 fully saturated rings. The Bertz CT molecular complexity index is 568. The lowest BCUT2D eigenvalue weighted by atomic mass is 10.1. The van der Waals surface area contributed by atoms with Gasteiger partial charge in [0.1, 0.15) is 0 Å². The minimum atomic E-state index is -0.485. The van der Waals surface area contributed by atoms with E-state index in [1.54, 1.807) is 0 Å². The Hall–Kier alpha value is -1.25. The van der Waals surface area contributed by atoms with Gasteiger partial charge in [-0.3, -0.25) is 0 Å². The van der Waals surface area contributed by atoms with Crippen LogP contribution in [0.25, 0.3) is 0 Å². The van der Waals surface area contributed by atoms with Crippen LogP contribution in [0.2, 0.25) is 0 Å². The minimum absolute atomic E-state index is 0.485. The first-order valence-electron chi connectivity index (χ1n) is 18.9. The molecule has 0 aliphatic carbocycles. The van der Waals surface area contributed by atoms with Gasteiger partial charge < -0.3 is 9.47 Å². The Morgan fingerprint density at radius 1 is 0.357 bits per heavy atom. The van der Waals surface area contributed by atoms with Crippen LogP contribution in [0.4, 0.5) is 4.79 Å². The van der Waals surface area contributed by atoms with Crippen LogP contribution < -0.4 is 0 Å². The van der Waals surface area contributed by atoms with E-state index in [4.69, 9.17) is 9.47 Å². The molecule has 0 aromatic heterocycles. The first-order chi connectivity index (χ1) is 20.8.